The van der Waals surface area contributed by atoms with Gasteiger partial charge in [-0.25, -0.2) is 0 Å². The number of hydrogen-bond acceptors (Lipinski definition) is 3. The summed E-state index contributed by atoms with van der Waals surface area (Å²) in [5, 5.41) is 1.09. The first-order chi connectivity index (χ1) is 11.6. The molecule has 1 aliphatic carbocycles. The van der Waals surface area contributed by atoms with Crippen LogP contribution in [0, 0.1) is 5.92 Å². The van der Waals surface area contributed by atoms with Gasteiger partial charge in [0, 0.05) is 23.9 Å². The molecule has 1 heterocycles. The minimum atomic E-state index is -0.0528. The van der Waals surface area contributed by atoms with Gasteiger partial charge in [0.1, 0.15) is 11.3 Å². The molecule has 1 fully saturated rings. The second kappa shape index (κ2) is 7.39. The molecule has 1 amide bonds. The van der Waals surface area contributed by atoms with Gasteiger partial charge in [0.05, 0.1) is 6.04 Å². The number of hydrogen-bond donors (Lipinski definition) is 1. The van der Waals surface area contributed by atoms with Crippen molar-refractivity contribution in [3.63, 3.8) is 0 Å². The molecular weight excluding hydrogens is 300 g/mol. The first-order valence-electron chi connectivity index (χ1n) is 9.14. The van der Waals surface area contributed by atoms with Gasteiger partial charge in [-0.3, -0.25) is 4.79 Å². The van der Waals surface area contributed by atoms with E-state index in [2.05, 4.69) is 19.9 Å². The van der Waals surface area contributed by atoms with Crippen molar-refractivity contribution in [2.75, 3.05) is 6.54 Å². The maximum atomic E-state index is 13.1. The Balaban J connectivity index is 1.82. The fourth-order valence-corrected chi connectivity index (χ4v) is 3.78. The zero-order valence-electron chi connectivity index (χ0n) is 14.7. The molecular formula is C20H28N2O2. The molecule has 3 unspecified atom stereocenters. The third-order valence-electron chi connectivity index (χ3n) is 5.14. The molecule has 0 spiro atoms. The molecule has 1 aliphatic rings. The second-order valence-corrected chi connectivity index (χ2v) is 7.02. The summed E-state index contributed by atoms with van der Waals surface area (Å²) >= 11 is 0. The summed E-state index contributed by atoms with van der Waals surface area (Å²) in [5.41, 5.74) is 6.96. The van der Waals surface area contributed by atoms with Gasteiger partial charge in [-0.1, -0.05) is 31.5 Å². The number of carbonyl (C=O) groups excluding carboxylic acids is 1. The number of nitrogens with two attached hydrogens (primary N) is 1. The Labute approximate surface area is 144 Å². The molecule has 2 aromatic rings. The van der Waals surface area contributed by atoms with Crippen molar-refractivity contribution in [2.45, 2.75) is 58.0 Å². The summed E-state index contributed by atoms with van der Waals surface area (Å²) in [7, 11) is 0. The molecule has 130 valence electrons. The second-order valence-electron chi connectivity index (χ2n) is 7.02. The summed E-state index contributed by atoms with van der Waals surface area (Å²) in [5.74, 6) is 1.16. The predicted molar refractivity (Wildman–Crippen MR) is 96.6 cm³/mol. The van der Waals surface area contributed by atoms with Gasteiger partial charge in [-0.2, -0.15) is 0 Å². The Kier molecular flexibility index (Phi) is 5.24. The highest BCUT2D eigenvalue weighted by molar-refractivity contribution is 5.80. The number of benzene rings is 1. The minimum Gasteiger partial charge on any atom is -0.459 e. The van der Waals surface area contributed by atoms with Crippen LogP contribution < -0.4 is 5.73 Å². The van der Waals surface area contributed by atoms with E-state index < -0.39 is 0 Å². The molecule has 1 aromatic heterocycles. The third-order valence-corrected chi connectivity index (χ3v) is 5.14. The van der Waals surface area contributed by atoms with Crippen molar-refractivity contribution in [3.05, 3.63) is 36.1 Å². The topological polar surface area (TPSA) is 59.5 Å². The van der Waals surface area contributed by atoms with Crippen molar-refractivity contribution < 1.29 is 9.21 Å². The third kappa shape index (κ3) is 3.48. The molecule has 4 nitrogen and oxygen atoms in total. The molecule has 1 aromatic carbocycles. The normalized spacial score (nSPS) is 22.5. The Morgan fingerprint density at radius 3 is 2.88 bits per heavy atom. The van der Waals surface area contributed by atoms with E-state index in [0.717, 1.165) is 55.4 Å². The lowest BCUT2D eigenvalue weighted by atomic mass is 9.85. The van der Waals surface area contributed by atoms with Crippen molar-refractivity contribution in [1.29, 1.82) is 0 Å². The minimum absolute atomic E-state index is 0.0528. The Morgan fingerprint density at radius 2 is 2.17 bits per heavy atom. The summed E-state index contributed by atoms with van der Waals surface area (Å²) in [4.78, 5) is 15.1. The highest BCUT2D eigenvalue weighted by Gasteiger charge is 2.32. The molecule has 0 aliphatic heterocycles. The van der Waals surface area contributed by atoms with Gasteiger partial charge in [0.25, 0.3) is 0 Å². The van der Waals surface area contributed by atoms with Crippen molar-refractivity contribution >= 4 is 16.9 Å². The number of fused-ring (bicyclic) bond motifs is 1. The van der Waals surface area contributed by atoms with E-state index in [9.17, 15) is 4.79 Å². The summed E-state index contributed by atoms with van der Waals surface area (Å²) in [6.07, 6.45) is 4.80. The predicted octanol–water partition coefficient (Wildman–Crippen LogP) is 4.25. The highest BCUT2D eigenvalue weighted by Crippen LogP contribution is 2.31. The monoisotopic (exact) mass is 328 g/mol. The molecule has 1 saturated carbocycles. The number of nitrogens with zero attached hydrogens (tertiary/aromatic N) is 1. The lowest BCUT2D eigenvalue weighted by Gasteiger charge is -2.34. The fraction of sp³-hybridized carbons (Fsp3) is 0.550. The van der Waals surface area contributed by atoms with E-state index in [4.69, 9.17) is 10.2 Å². The number of amides is 1. The van der Waals surface area contributed by atoms with Crippen LogP contribution in [0.3, 0.4) is 0 Å². The van der Waals surface area contributed by atoms with E-state index in [1.807, 2.05) is 29.2 Å². The van der Waals surface area contributed by atoms with Crippen LogP contribution in [0.25, 0.3) is 11.0 Å². The lowest BCUT2D eigenvalue weighted by Crippen LogP contribution is -2.42. The molecule has 24 heavy (non-hydrogen) atoms. The number of para-hydroxylation sites is 1. The number of carbonyl (C=O) groups is 1. The average Bonchev–Trinajstić information content (AvgIpc) is 3.02. The van der Waals surface area contributed by atoms with Crippen LogP contribution in [0.1, 0.15) is 57.8 Å². The van der Waals surface area contributed by atoms with Crippen molar-refractivity contribution in [1.82, 2.24) is 4.90 Å². The first kappa shape index (κ1) is 17.0. The Bertz CT molecular complexity index is 661. The number of rotatable bonds is 5. The first-order valence-corrected chi connectivity index (χ1v) is 9.14. The lowest BCUT2D eigenvalue weighted by molar-refractivity contribution is -0.139. The zero-order valence-corrected chi connectivity index (χ0v) is 14.7. The summed E-state index contributed by atoms with van der Waals surface area (Å²) in [6, 6.07) is 10.2. The van der Waals surface area contributed by atoms with Gasteiger partial charge in [0.2, 0.25) is 5.91 Å². The molecule has 0 radical (unpaired) electrons. The molecule has 0 bridgehead atoms. The zero-order chi connectivity index (χ0) is 17.1. The smallest absolute Gasteiger partial charge is 0.226 e. The molecule has 3 atom stereocenters. The van der Waals surface area contributed by atoms with Gasteiger partial charge in [-0.15, -0.1) is 0 Å². The van der Waals surface area contributed by atoms with E-state index in [1.54, 1.807) is 0 Å². The molecule has 3 rings (SSSR count). The van der Waals surface area contributed by atoms with Gasteiger partial charge < -0.3 is 15.1 Å². The van der Waals surface area contributed by atoms with Gasteiger partial charge in [0.15, 0.2) is 0 Å². The van der Waals surface area contributed by atoms with Crippen molar-refractivity contribution in [2.24, 2.45) is 11.7 Å². The van der Waals surface area contributed by atoms with Crippen molar-refractivity contribution in [3.8, 4) is 0 Å². The van der Waals surface area contributed by atoms with Crippen LogP contribution in [0.15, 0.2) is 34.7 Å². The van der Waals surface area contributed by atoms with Gasteiger partial charge in [-0.05, 0) is 44.7 Å². The van der Waals surface area contributed by atoms with Crippen LogP contribution >= 0.6 is 0 Å². The maximum Gasteiger partial charge on any atom is 0.226 e. The largest absolute Gasteiger partial charge is 0.459 e. The van der Waals surface area contributed by atoms with E-state index in [0.29, 0.717) is 0 Å². The van der Waals surface area contributed by atoms with E-state index >= 15 is 0 Å². The van der Waals surface area contributed by atoms with Crippen LogP contribution in [0.5, 0.6) is 0 Å². The highest BCUT2D eigenvalue weighted by atomic mass is 16.3. The summed E-state index contributed by atoms with van der Waals surface area (Å²) < 4.78 is 6.00. The Morgan fingerprint density at radius 1 is 1.38 bits per heavy atom. The number of furan rings is 1. The van der Waals surface area contributed by atoms with Crippen LogP contribution in [0.2, 0.25) is 0 Å². The maximum absolute atomic E-state index is 13.1. The molecule has 0 saturated heterocycles. The Hall–Kier alpha value is -1.81. The van der Waals surface area contributed by atoms with Crippen LogP contribution in [-0.4, -0.2) is 23.4 Å². The average molecular weight is 328 g/mol. The van der Waals surface area contributed by atoms with E-state index in [-0.39, 0.29) is 23.9 Å². The molecule has 2 N–H and O–H groups in total. The van der Waals surface area contributed by atoms with Crippen LogP contribution in [-0.2, 0) is 4.79 Å². The van der Waals surface area contributed by atoms with E-state index in [1.165, 1.54) is 0 Å². The van der Waals surface area contributed by atoms with Crippen LogP contribution in [0.4, 0.5) is 0 Å². The van der Waals surface area contributed by atoms with Gasteiger partial charge >= 0.3 is 0 Å². The fourth-order valence-electron chi connectivity index (χ4n) is 3.78. The summed E-state index contributed by atoms with van der Waals surface area (Å²) in [6.45, 7) is 4.93. The quantitative estimate of drug-likeness (QED) is 0.892. The molecule has 4 heteroatoms. The standard InChI is InChI=1S/C20H28N2O2/c1-3-11-22(20(23)16-8-6-9-17(21)12-16)14(2)19-13-15-7-4-5-10-18(15)24-19/h4-5,7,10,13-14,16-17H,3,6,8-9,11-12,21H2,1-2H3. The SMILES string of the molecule is CCCN(C(=O)C1CCCC(N)C1)C(C)c1cc2ccccc2o1.